The normalized spacial score (nSPS) is 21.5. The third kappa shape index (κ3) is 5.39. The molecule has 0 amide bonds. The van der Waals surface area contributed by atoms with Gasteiger partial charge in [0.05, 0.1) is 19.3 Å². The monoisotopic (exact) mass is 342 g/mol. The Morgan fingerprint density at radius 1 is 1.35 bits per heavy atom. The molecule has 23 heavy (non-hydrogen) atoms. The van der Waals surface area contributed by atoms with E-state index in [2.05, 4.69) is 4.98 Å². The van der Waals surface area contributed by atoms with Gasteiger partial charge in [0.15, 0.2) is 8.38 Å². The van der Waals surface area contributed by atoms with Gasteiger partial charge in [0.25, 0.3) is 5.56 Å². The minimum Gasteiger partial charge on any atom is -0.351 e. The summed E-state index contributed by atoms with van der Waals surface area (Å²) in [6.45, 7) is 5.17. The highest BCUT2D eigenvalue weighted by molar-refractivity contribution is 7.47. The SMILES string of the molecule is CCOP(C/C=C/C1CCC(n2ccc(=O)[nH]c2=O)O1)OCC. The minimum atomic E-state index is -0.882. The number of allylic oxidation sites excluding steroid dienone is 1. The molecule has 2 rings (SSSR count). The quantitative estimate of drug-likeness (QED) is 0.578. The van der Waals surface area contributed by atoms with Crippen LogP contribution in [0.5, 0.6) is 0 Å². The number of H-pyrrole nitrogens is 1. The lowest BCUT2D eigenvalue weighted by Gasteiger charge is -2.15. The first-order valence-electron chi connectivity index (χ1n) is 7.81. The van der Waals surface area contributed by atoms with E-state index in [1.54, 1.807) is 0 Å². The molecule has 0 bridgehead atoms. The van der Waals surface area contributed by atoms with Crippen LogP contribution < -0.4 is 11.2 Å². The van der Waals surface area contributed by atoms with Crippen LogP contribution in [-0.2, 0) is 13.8 Å². The van der Waals surface area contributed by atoms with E-state index in [9.17, 15) is 9.59 Å². The second-order valence-electron chi connectivity index (χ2n) is 5.00. The predicted molar refractivity (Wildman–Crippen MR) is 88.6 cm³/mol. The average Bonchev–Trinajstić information content (AvgIpc) is 2.96. The van der Waals surface area contributed by atoms with E-state index in [0.29, 0.717) is 13.2 Å². The molecule has 1 fully saturated rings. The summed E-state index contributed by atoms with van der Waals surface area (Å²) in [5.41, 5.74) is -0.843. The van der Waals surface area contributed by atoms with Gasteiger partial charge in [-0.2, -0.15) is 0 Å². The van der Waals surface area contributed by atoms with Crippen molar-refractivity contribution in [1.82, 2.24) is 9.55 Å². The van der Waals surface area contributed by atoms with Crippen LogP contribution in [0.4, 0.5) is 0 Å². The largest absolute Gasteiger partial charge is 0.351 e. The van der Waals surface area contributed by atoms with Crippen LogP contribution in [0, 0.1) is 0 Å². The summed E-state index contributed by atoms with van der Waals surface area (Å²) in [5.74, 6) is 0. The zero-order valence-corrected chi connectivity index (χ0v) is 14.3. The minimum absolute atomic E-state index is 0.0427. The Hall–Kier alpha value is -1.27. The Balaban J connectivity index is 1.88. The van der Waals surface area contributed by atoms with Crippen LogP contribution in [0.15, 0.2) is 34.0 Å². The van der Waals surface area contributed by atoms with Gasteiger partial charge in [-0.1, -0.05) is 12.2 Å². The molecule has 8 heteroatoms. The van der Waals surface area contributed by atoms with Gasteiger partial charge < -0.3 is 13.8 Å². The van der Waals surface area contributed by atoms with Crippen LogP contribution in [0.2, 0.25) is 0 Å². The van der Waals surface area contributed by atoms with Crippen molar-refractivity contribution in [2.24, 2.45) is 0 Å². The van der Waals surface area contributed by atoms with Crippen molar-refractivity contribution in [1.29, 1.82) is 0 Å². The Morgan fingerprint density at radius 3 is 2.74 bits per heavy atom. The first kappa shape index (κ1) is 18.1. The Bertz CT molecular complexity index is 621. The van der Waals surface area contributed by atoms with Gasteiger partial charge in [-0.05, 0) is 26.7 Å². The van der Waals surface area contributed by atoms with Gasteiger partial charge in [-0.25, -0.2) is 4.79 Å². The molecule has 2 heterocycles. The molecule has 1 aliphatic rings. The molecule has 0 radical (unpaired) electrons. The summed E-state index contributed by atoms with van der Waals surface area (Å²) >= 11 is 0. The Morgan fingerprint density at radius 2 is 2.09 bits per heavy atom. The van der Waals surface area contributed by atoms with E-state index < -0.39 is 19.6 Å². The second-order valence-corrected chi connectivity index (χ2v) is 6.55. The number of hydrogen-bond donors (Lipinski definition) is 1. The second kappa shape index (κ2) is 9.13. The molecule has 2 unspecified atom stereocenters. The van der Waals surface area contributed by atoms with Crippen LogP contribution in [0.3, 0.4) is 0 Å². The van der Waals surface area contributed by atoms with Gasteiger partial charge in [0.1, 0.15) is 6.23 Å². The molecule has 7 nitrogen and oxygen atoms in total. The fourth-order valence-electron chi connectivity index (χ4n) is 2.37. The van der Waals surface area contributed by atoms with Crippen molar-refractivity contribution >= 4 is 8.38 Å². The highest BCUT2D eigenvalue weighted by Gasteiger charge is 2.25. The molecule has 0 spiro atoms. The lowest BCUT2D eigenvalue weighted by atomic mass is 10.2. The van der Waals surface area contributed by atoms with E-state index in [1.807, 2.05) is 26.0 Å². The molecule has 128 valence electrons. The van der Waals surface area contributed by atoms with E-state index in [-0.39, 0.29) is 12.3 Å². The molecule has 0 aliphatic carbocycles. The van der Waals surface area contributed by atoms with Gasteiger partial charge in [-0.15, -0.1) is 0 Å². The zero-order valence-electron chi connectivity index (χ0n) is 13.4. The van der Waals surface area contributed by atoms with Crippen molar-refractivity contribution < 1.29 is 13.8 Å². The van der Waals surface area contributed by atoms with E-state index in [0.717, 1.165) is 19.0 Å². The molecule has 0 saturated carbocycles. The first-order chi connectivity index (χ1) is 11.1. The van der Waals surface area contributed by atoms with E-state index >= 15 is 0 Å². The summed E-state index contributed by atoms with van der Waals surface area (Å²) in [6, 6.07) is 1.32. The summed E-state index contributed by atoms with van der Waals surface area (Å²) in [6.07, 6.45) is 7.37. The highest BCUT2D eigenvalue weighted by atomic mass is 31.2. The number of aromatic amines is 1. The molecule has 1 aromatic heterocycles. The van der Waals surface area contributed by atoms with E-state index in [1.165, 1.54) is 16.8 Å². The first-order valence-corrected chi connectivity index (χ1v) is 9.17. The summed E-state index contributed by atoms with van der Waals surface area (Å²) in [5, 5.41) is 0. The average molecular weight is 342 g/mol. The summed E-state index contributed by atoms with van der Waals surface area (Å²) < 4.78 is 18.3. The summed E-state index contributed by atoms with van der Waals surface area (Å²) in [7, 11) is -0.882. The van der Waals surface area contributed by atoms with Gasteiger partial charge in [0.2, 0.25) is 0 Å². The van der Waals surface area contributed by atoms with Gasteiger partial charge >= 0.3 is 5.69 Å². The van der Waals surface area contributed by atoms with Crippen LogP contribution in [-0.4, -0.2) is 35.0 Å². The van der Waals surface area contributed by atoms with Crippen molar-refractivity contribution in [2.45, 2.75) is 39.0 Å². The number of nitrogens with one attached hydrogen (secondary N) is 1. The number of nitrogens with zero attached hydrogens (tertiary/aromatic N) is 1. The van der Waals surface area contributed by atoms with Crippen LogP contribution in [0.25, 0.3) is 0 Å². The molecule has 1 N–H and O–H groups in total. The summed E-state index contributed by atoms with van der Waals surface area (Å²) in [4.78, 5) is 25.1. The molecule has 2 atom stereocenters. The number of aromatic nitrogens is 2. The lowest BCUT2D eigenvalue weighted by molar-refractivity contribution is 0.0202. The van der Waals surface area contributed by atoms with Crippen molar-refractivity contribution in [2.75, 3.05) is 19.4 Å². The third-order valence-corrected chi connectivity index (χ3v) is 4.94. The molecular formula is C15H23N2O5P. The maximum absolute atomic E-state index is 11.8. The lowest BCUT2D eigenvalue weighted by Crippen LogP contribution is -2.31. The van der Waals surface area contributed by atoms with Crippen molar-refractivity contribution in [3.63, 3.8) is 0 Å². The molecule has 1 saturated heterocycles. The fourth-order valence-corrected chi connectivity index (χ4v) is 3.53. The van der Waals surface area contributed by atoms with Crippen molar-refractivity contribution in [3.05, 3.63) is 45.3 Å². The molecule has 1 aliphatic heterocycles. The molecule has 0 aromatic carbocycles. The van der Waals surface area contributed by atoms with Gasteiger partial charge in [0, 0.05) is 18.4 Å². The van der Waals surface area contributed by atoms with Crippen LogP contribution >= 0.6 is 8.38 Å². The Labute approximate surface area is 136 Å². The topological polar surface area (TPSA) is 82.6 Å². The fraction of sp³-hybridized carbons (Fsp3) is 0.600. The van der Waals surface area contributed by atoms with Crippen LogP contribution in [0.1, 0.15) is 32.9 Å². The van der Waals surface area contributed by atoms with E-state index in [4.69, 9.17) is 13.8 Å². The maximum Gasteiger partial charge on any atom is 0.330 e. The zero-order chi connectivity index (χ0) is 16.7. The molecule has 1 aromatic rings. The van der Waals surface area contributed by atoms with Crippen molar-refractivity contribution in [3.8, 4) is 0 Å². The van der Waals surface area contributed by atoms with Gasteiger partial charge in [-0.3, -0.25) is 14.3 Å². The third-order valence-electron chi connectivity index (χ3n) is 3.34. The highest BCUT2D eigenvalue weighted by Crippen LogP contribution is 2.38. The smallest absolute Gasteiger partial charge is 0.330 e. The number of hydrogen-bond acceptors (Lipinski definition) is 5. The number of ether oxygens (including phenoxy) is 1. The standard InChI is InChI=1S/C15H23N2O5P/c1-3-20-23(21-4-2)11-5-6-12-7-8-14(22-12)17-10-9-13(18)16-15(17)19/h5-6,9-10,12,14H,3-4,7-8,11H2,1-2H3,(H,16,18,19)/b6-5+. The maximum atomic E-state index is 11.8. The number of rotatable bonds is 8. The predicted octanol–water partition coefficient (Wildman–Crippen LogP) is 2.16. The Kier molecular flexibility index (Phi) is 7.17. The molecular weight excluding hydrogens is 319 g/mol.